The normalized spacial score (nSPS) is 16.6. The van der Waals surface area contributed by atoms with Crippen LogP contribution >= 0.6 is 0 Å². The zero-order chi connectivity index (χ0) is 15.0. The van der Waals surface area contributed by atoms with Gasteiger partial charge in [-0.2, -0.15) is 0 Å². The lowest BCUT2D eigenvalue weighted by Crippen LogP contribution is -2.27. The van der Waals surface area contributed by atoms with Crippen molar-refractivity contribution in [1.82, 2.24) is 5.32 Å². The summed E-state index contributed by atoms with van der Waals surface area (Å²) < 4.78 is 13.3. The number of nitrogens with two attached hydrogens (primary N) is 1. The lowest BCUT2D eigenvalue weighted by Gasteiger charge is -2.15. The average Bonchev–Trinajstić information content (AvgIpc) is 2.83. The predicted molar refractivity (Wildman–Crippen MR) is 80.5 cm³/mol. The van der Waals surface area contributed by atoms with Gasteiger partial charge in [-0.25, -0.2) is 4.39 Å². The van der Waals surface area contributed by atoms with Crippen LogP contribution in [0.5, 0.6) is 0 Å². The van der Waals surface area contributed by atoms with Gasteiger partial charge < -0.3 is 11.1 Å². The number of aryl methyl sites for hydroxylation is 2. The molecule has 2 aromatic rings. The first-order valence-corrected chi connectivity index (χ1v) is 7.00. The second-order valence-electron chi connectivity index (χ2n) is 5.48. The van der Waals surface area contributed by atoms with E-state index in [0.717, 1.165) is 29.7 Å². The molecule has 0 fully saturated rings. The summed E-state index contributed by atoms with van der Waals surface area (Å²) in [4.78, 5) is 12.3. The highest BCUT2D eigenvalue weighted by Gasteiger charge is 2.24. The Morgan fingerprint density at radius 1 is 1.29 bits per heavy atom. The van der Waals surface area contributed by atoms with Crippen molar-refractivity contribution in [1.29, 1.82) is 0 Å². The molecule has 21 heavy (non-hydrogen) atoms. The minimum Gasteiger partial charge on any atom is -0.399 e. The monoisotopic (exact) mass is 284 g/mol. The third-order valence-electron chi connectivity index (χ3n) is 3.99. The van der Waals surface area contributed by atoms with Gasteiger partial charge in [0.2, 0.25) is 0 Å². The van der Waals surface area contributed by atoms with Crippen molar-refractivity contribution >= 4 is 11.6 Å². The van der Waals surface area contributed by atoms with Gasteiger partial charge in [-0.15, -0.1) is 0 Å². The van der Waals surface area contributed by atoms with Gasteiger partial charge in [0.15, 0.2) is 0 Å². The van der Waals surface area contributed by atoms with Crippen molar-refractivity contribution in [2.24, 2.45) is 0 Å². The van der Waals surface area contributed by atoms with Crippen molar-refractivity contribution in [3.63, 3.8) is 0 Å². The third-order valence-corrected chi connectivity index (χ3v) is 3.99. The second-order valence-corrected chi connectivity index (χ2v) is 5.48. The van der Waals surface area contributed by atoms with Crippen LogP contribution in [0.1, 0.15) is 39.5 Å². The summed E-state index contributed by atoms with van der Waals surface area (Å²) in [5.74, 6) is -0.632. The highest BCUT2D eigenvalue weighted by molar-refractivity contribution is 5.96. The van der Waals surface area contributed by atoms with Crippen LogP contribution in [0.25, 0.3) is 0 Å². The lowest BCUT2D eigenvalue weighted by atomic mass is 10.1. The molecule has 2 aromatic carbocycles. The summed E-state index contributed by atoms with van der Waals surface area (Å²) >= 11 is 0. The van der Waals surface area contributed by atoms with Gasteiger partial charge >= 0.3 is 0 Å². The van der Waals surface area contributed by atoms with Crippen LogP contribution in [-0.2, 0) is 6.42 Å². The zero-order valence-corrected chi connectivity index (χ0v) is 11.8. The molecule has 1 atom stereocenters. The van der Waals surface area contributed by atoms with Gasteiger partial charge in [0.25, 0.3) is 5.91 Å². The molecule has 1 unspecified atom stereocenters. The number of benzene rings is 2. The maximum absolute atomic E-state index is 13.3. The van der Waals surface area contributed by atoms with E-state index in [0.29, 0.717) is 5.56 Å². The molecule has 1 aliphatic rings. The van der Waals surface area contributed by atoms with Crippen LogP contribution in [0.15, 0.2) is 36.4 Å². The van der Waals surface area contributed by atoms with Crippen molar-refractivity contribution in [2.45, 2.75) is 25.8 Å². The number of rotatable bonds is 2. The third kappa shape index (κ3) is 2.61. The molecule has 0 heterocycles. The van der Waals surface area contributed by atoms with E-state index in [1.165, 1.54) is 17.7 Å². The number of nitrogens with one attached hydrogen (secondary N) is 1. The molecular weight excluding hydrogens is 267 g/mol. The number of carbonyl (C=O) groups is 1. The van der Waals surface area contributed by atoms with Gasteiger partial charge in [-0.3, -0.25) is 4.79 Å². The van der Waals surface area contributed by atoms with Crippen LogP contribution in [0, 0.1) is 12.7 Å². The molecule has 108 valence electrons. The van der Waals surface area contributed by atoms with E-state index in [2.05, 4.69) is 5.32 Å². The number of halogens is 1. The molecular formula is C17H17FN2O. The largest absolute Gasteiger partial charge is 0.399 e. The maximum atomic E-state index is 13.3. The predicted octanol–water partition coefficient (Wildman–Crippen LogP) is 3.13. The summed E-state index contributed by atoms with van der Waals surface area (Å²) in [6, 6.07) is 9.99. The number of fused-ring (bicyclic) bond motifs is 1. The number of carbonyl (C=O) groups excluding carboxylic acids is 1. The minimum atomic E-state index is -0.398. The van der Waals surface area contributed by atoms with Crippen molar-refractivity contribution in [3.8, 4) is 0 Å². The first kappa shape index (κ1) is 13.6. The highest BCUT2D eigenvalue weighted by Crippen LogP contribution is 2.32. The Hall–Kier alpha value is -2.36. The zero-order valence-electron chi connectivity index (χ0n) is 11.8. The van der Waals surface area contributed by atoms with Crippen LogP contribution in [0.4, 0.5) is 10.1 Å². The Labute approximate surface area is 123 Å². The molecule has 3 N–H and O–H groups in total. The van der Waals surface area contributed by atoms with Crippen LogP contribution in [-0.4, -0.2) is 5.91 Å². The van der Waals surface area contributed by atoms with Crippen LogP contribution in [0.3, 0.4) is 0 Å². The molecule has 1 aliphatic carbocycles. The summed E-state index contributed by atoms with van der Waals surface area (Å²) in [5.41, 5.74) is 9.95. The Kier molecular flexibility index (Phi) is 3.37. The molecule has 0 aliphatic heterocycles. The van der Waals surface area contributed by atoms with Gasteiger partial charge in [0.1, 0.15) is 5.82 Å². The molecule has 0 saturated carbocycles. The number of anilines is 1. The number of nitrogen functional groups attached to an aromatic ring is 1. The van der Waals surface area contributed by atoms with Crippen LogP contribution < -0.4 is 11.1 Å². The second kappa shape index (κ2) is 5.20. The van der Waals surface area contributed by atoms with Gasteiger partial charge in [0.05, 0.1) is 6.04 Å². The van der Waals surface area contributed by atoms with E-state index in [4.69, 9.17) is 5.73 Å². The quantitative estimate of drug-likeness (QED) is 0.832. The molecule has 0 spiro atoms. The van der Waals surface area contributed by atoms with Gasteiger partial charge in [-0.1, -0.05) is 12.1 Å². The fourth-order valence-electron chi connectivity index (χ4n) is 2.86. The topological polar surface area (TPSA) is 55.1 Å². The average molecular weight is 284 g/mol. The molecule has 0 aromatic heterocycles. The van der Waals surface area contributed by atoms with Gasteiger partial charge in [0, 0.05) is 11.3 Å². The summed E-state index contributed by atoms with van der Waals surface area (Å²) in [5, 5.41) is 2.99. The molecule has 0 radical (unpaired) electrons. The van der Waals surface area contributed by atoms with E-state index in [1.807, 2.05) is 18.2 Å². The molecule has 4 heteroatoms. The highest BCUT2D eigenvalue weighted by atomic mass is 19.1. The van der Waals surface area contributed by atoms with Crippen molar-refractivity contribution in [3.05, 3.63) is 64.5 Å². The van der Waals surface area contributed by atoms with E-state index in [1.54, 1.807) is 13.0 Å². The number of amides is 1. The number of hydrogen-bond donors (Lipinski definition) is 2. The van der Waals surface area contributed by atoms with E-state index < -0.39 is 5.82 Å². The fourth-order valence-corrected chi connectivity index (χ4v) is 2.86. The number of hydrogen-bond acceptors (Lipinski definition) is 2. The van der Waals surface area contributed by atoms with E-state index in [9.17, 15) is 9.18 Å². The Morgan fingerprint density at radius 3 is 2.90 bits per heavy atom. The smallest absolute Gasteiger partial charge is 0.252 e. The SMILES string of the molecule is Cc1ccc(F)cc1C(=O)NC1CCc2cc(N)ccc21. The molecule has 3 rings (SSSR count). The van der Waals surface area contributed by atoms with Crippen molar-refractivity contribution in [2.75, 3.05) is 5.73 Å². The summed E-state index contributed by atoms with van der Waals surface area (Å²) in [6.45, 7) is 1.80. The van der Waals surface area contributed by atoms with Gasteiger partial charge in [-0.05, 0) is 60.7 Å². The standard InChI is InChI=1S/C17H17FN2O/c1-10-2-4-12(18)9-15(10)17(21)20-16-7-3-11-8-13(19)5-6-14(11)16/h2,4-6,8-9,16H,3,7,19H2,1H3,(H,20,21). The Balaban J connectivity index is 1.82. The first-order chi connectivity index (χ1) is 10.0. The van der Waals surface area contributed by atoms with Crippen LogP contribution in [0.2, 0.25) is 0 Å². The maximum Gasteiger partial charge on any atom is 0.252 e. The first-order valence-electron chi connectivity index (χ1n) is 7.00. The van der Waals surface area contributed by atoms with E-state index in [-0.39, 0.29) is 11.9 Å². The lowest BCUT2D eigenvalue weighted by molar-refractivity contribution is 0.0935. The minimum absolute atomic E-state index is 0.0317. The fraction of sp³-hybridized carbons (Fsp3) is 0.235. The molecule has 1 amide bonds. The summed E-state index contributed by atoms with van der Waals surface area (Å²) in [7, 11) is 0. The van der Waals surface area contributed by atoms with Crippen molar-refractivity contribution < 1.29 is 9.18 Å². The molecule has 0 saturated heterocycles. The van der Waals surface area contributed by atoms with E-state index >= 15 is 0 Å². The molecule has 3 nitrogen and oxygen atoms in total. The Bertz CT molecular complexity index is 712. The molecule has 0 bridgehead atoms. The summed E-state index contributed by atoms with van der Waals surface area (Å²) in [6.07, 6.45) is 1.74. The Morgan fingerprint density at radius 2 is 2.10 bits per heavy atom.